The maximum absolute atomic E-state index is 11.2. The Morgan fingerprint density at radius 3 is 2.28 bits per heavy atom. The molecule has 4 rings (SSSR count). The maximum Gasteiger partial charge on any atom is 0.339 e. The Morgan fingerprint density at radius 2 is 1.67 bits per heavy atom. The number of benzene rings is 3. The van der Waals surface area contributed by atoms with Gasteiger partial charge in [-0.1, -0.05) is 64.1 Å². The molecular formula is C33H39NO4S. The van der Waals surface area contributed by atoms with Crippen molar-refractivity contribution in [2.45, 2.75) is 68.1 Å². The lowest BCUT2D eigenvalue weighted by Gasteiger charge is -2.43. The van der Waals surface area contributed by atoms with Gasteiger partial charge in [0.15, 0.2) is 0 Å². The molecule has 39 heavy (non-hydrogen) atoms. The van der Waals surface area contributed by atoms with E-state index in [1.807, 2.05) is 25.9 Å². The summed E-state index contributed by atoms with van der Waals surface area (Å²) >= 11 is 1.82. The van der Waals surface area contributed by atoms with Crippen LogP contribution in [0.1, 0.15) is 84.8 Å². The molecule has 0 heterocycles. The lowest BCUT2D eigenvalue weighted by atomic mass is 9.63. The first kappa shape index (κ1) is 28.8. The van der Waals surface area contributed by atoms with Crippen molar-refractivity contribution in [1.82, 2.24) is 0 Å². The van der Waals surface area contributed by atoms with E-state index >= 15 is 0 Å². The third-order valence-corrected chi connectivity index (χ3v) is 8.93. The third kappa shape index (κ3) is 6.34. The van der Waals surface area contributed by atoms with Gasteiger partial charge in [-0.15, -0.1) is 11.8 Å². The van der Waals surface area contributed by atoms with Gasteiger partial charge in [-0.25, -0.2) is 4.79 Å². The van der Waals surface area contributed by atoms with Crippen LogP contribution in [0.15, 0.2) is 65.6 Å². The fraction of sp³-hybridized carbons (Fsp3) is 0.364. The molecule has 0 aliphatic heterocycles. The van der Waals surface area contributed by atoms with Crippen LogP contribution < -0.4 is 4.90 Å². The van der Waals surface area contributed by atoms with E-state index in [9.17, 15) is 15.0 Å². The molecular weight excluding hydrogens is 506 g/mol. The predicted molar refractivity (Wildman–Crippen MR) is 161 cm³/mol. The van der Waals surface area contributed by atoms with Gasteiger partial charge < -0.3 is 20.2 Å². The first-order valence-corrected chi connectivity index (χ1v) is 14.3. The normalized spacial score (nSPS) is 16.6. The number of aromatic carboxylic acids is 1. The van der Waals surface area contributed by atoms with Crippen molar-refractivity contribution in [3.8, 4) is 5.75 Å². The van der Waals surface area contributed by atoms with Crippen molar-refractivity contribution >= 4 is 29.5 Å². The van der Waals surface area contributed by atoms with Gasteiger partial charge in [-0.05, 0) is 81.8 Å². The van der Waals surface area contributed by atoms with Crippen molar-refractivity contribution in [3.05, 3.63) is 94.1 Å². The van der Waals surface area contributed by atoms with Crippen LogP contribution in [0.5, 0.6) is 5.75 Å². The molecule has 0 bridgehead atoms. The molecule has 0 fully saturated rings. The zero-order chi connectivity index (χ0) is 28.5. The zero-order valence-electron chi connectivity index (χ0n) is 23.7. The smallest absolute Gasteiger partial charge is 0.339 e. The molecule has 1 aliphatic rings. The summed E-state index contributed by atoms with van der Waals surface area (Å²) in [4.78, 5) is 14.5. The number of aromatic hydroxyl groups is 1. The van der Waals surface area contributed by atoms with Crippen molar-refractivity contribution in [1.29, 1.82) is 0 Å². The summed E-state index contributed by atoms with van der Waals surface area (Å²) in [6.07, 6.45) is 4.73. The first-order valence-electron chi connectivity index (χ1n) is 13.3. The lowest BCUT2D eigenvalue weighted by molar-refractivity contribution is 0.0693. The molecule has 3 N–H and O–H groups in total. The van der Waals surface area contributed by atoms with Gasteiger partial charge in [0, 0.05) is 30.4 Å². The highest BCUT2D eigenvalue weighted by molar-refractivity contribution is 7.98. The van der Waals surface area contributed by atoms with Crippen LogP contribution in [0.25, 0.3) is 6.08 Å². The number of hydrogen-bond donors (Lipinski definition) is 3. The van der Waals surface area contributed by atoms with Crippen LogP contribution in [0.2, 0.25) is 0 Å². The molecule has 206 valence electrons. The molecule has 1 aliphatic carbocycles. The molecule has 0 radical (unpaired) electrons. The summed E-state index contributed by atoms with van der Waals surface area (Å²) in [7, 11) is 4.08. The Morgan fingerprint density at radius 1 is 1.00 bits per heavy atom. The number of carboxylic acids is 1. The van der Waals surface area contributed by atoms with Crippen molar-refractivity contribution in [3.63, 3.8) is 0 Å². The Hall–Kier alpha value is -3.22. The Bertz CT molecular complexity index is 1390. The molecule has 3 aromatic rings. The molecule has 1 atom stereocenters. The number of hydrogen-bond acceptors (Lipinski definition) is 5. The topological polar surface area (TPSA) is 81.0 Å². The van der Waals surface area contributed by atoms with Crippen LogP contribution in [-0.4, -0.2) is 35.4 Å². The van der Waals surface area contributed by atoms with Crippen molar-refractivity contribution in [2.75, 3.05) is 19.0 Å². The van der Waals surface area contributed by atoms with Crippen LogP contribution >= 0.6 is 11.8 Å². The second-order valence-electron chi connectivity index (χ2n) is 11.9. The second-order valence-corrected chi connectivity index (χ2v) is 13.0. The van der Waals surface area contributed by atoms with E-state index in [0.29, 0.717) is 5.56 Å². The van der Waals surface area contributed by atoms with Gasteiger partial charge in [0.2, 0.25) is 0 Å². The van der Waals surface area contributed by atoms with Gasteiger partial charge in [-0.3, -0.25) is 0 Å². The molecule has 0 aromatic heterocycles. The summed E-state index contributed by atoms with van der Waals surface area (Å²) in [6.45, 7) is 9.21. The Balaban J connectivity index is 1.68. The average molecular weight is 546 g/mol. The number of rotatable bonds is 8. The molecule has 0 saturated carbocycles. The van der Waals surface area contributed by atoms with E-state index in [0.717, 1.165) is 24.2 Å². The summed E-state index contributed by atoms with van der Waals surface area (Å²) in [5.41, 5.74) is 6.41. The molecule has 6 heteroatoms. The minimum Gasteiger partial charge on any atom is -0.507 e. The van der Waals surface area contributed by atoms with E-state index in [1.165, 1.54) is 39.4 Å². The van der Waals surface area contributed by atoms with E-state index in [1.54, 1.807) is 18.2 Å². The van der Waals surface area contributed by atoms with Crippen molar-refractivity contribution in [2.24, 2.45) is 0 Å². The highest BCUT2D eigenvalue weighted by Crippen LogP contribution is 2.50. The number of carboxylic acid groups (broad SMARTS) is 1. The second kappa shape index (κ2) is 11.1. The van der Waals surface area contributed by atoms with Crippen LogP contribution in [-0.2, 0) is 16.6 Å². The van der Waals surface area contributed by atoms with Gasteiger partial charge in [0.05, 0.1) is 6.10 Å². The minimum atomic E-state index is -1.18. The number of thioether (sulfide) groups is 1. The SMILES string of the molecule is CN(C)c1ccc(CSc2cc(C(O)C=Cc3ccc(C(=O)O)c(O)c3)cc3c2C(C)(C)CCC3(C)C)cc1. The standard InChI is InChI=1S/C33H39NO4S/c1-32(2)15-16-33(3,4)30-26(32)18-23(19-29(30)39-20-22-7-11-24(12-8-22)34(5)6)27(35)14-10-21-9-13-25(31(37)38)28(36)17-21/h7-14,17-19,27,35-36H,15-16,20H2,1-6H3,(H,37,38). The number of aliphatic hydroxyl groups is 1. The number of anilines is 1. The quantitative estimate of drug-likeness (QED) is 0.254. The number of phenols is 1. The summed E-state index contributed by atoms with van der Waals surface area (Å²) in [6, 6.07) is 17.3. The Labute approximate surface area is 236 Å². The highest BCUT2D eigenvalue weighted by Gasteiger charge is 2.39. The summed E-state index contributed by atoms with van der Waals surface area (Å²) < 4.78 is 0. The third-order valence-electron chi connectivity index (χ3n) is 7.82. The molecule has 1 unspecified atom stereocenters. The average Bonchev–Trinajstić information content (AvgIpc) is 2.88. The fourth-order valence-corrected chi connectivity index (χ4v) is 6.50. The van der Waals surface area contributed by atoms with Gasteiger partial charge in [-0.2, -0.15) is 0 Å². The highest BCUT2D eigenvalue weighted by atomic mass is 32.2. The van der Waals surface area contributed by atoms with Gasteiger partial charge in [0.1, 0.15) is 11.3 Å². The largest absolute Gasteiger partial charge is 0.507 e. The Kier molecular flexibility index (Phi) is 8.20. The minimum absolute atomic E-state index is 0.00851. The summed E-state index contributed by atoms with van der Waals surface area (Å²) in [5, 5.41) is 30.4. The van der Waals surface area contributed by atoms with E-state index in [2.05, 4.69) is 69.0 Å². The van der Waals surface area contributed by atoms with Crippen molar-refractivity contribution < 1.29 is 20.1 Å². The predicted octanol–water partition coefficient (Wildman–Crippen LogP) is 7.54. The number of carbonyl (C=O) groups is 1. The number of nitrogens with zero attached hydrogens (tertiary/aromatic N) is 1. The maximum atomic E-state index is 11.2. The lowest BCUT2D eigenvalue weighted by Crippen LogP contribution is -2.34. The summed E-state index contributed by atoms with van der Waals surface area (Å²) in [5.74, 6) is -0.642. The molecule has 3 aromatic carbocycles. The first-order chi connectivity index (χ1) is 18.3. The number of aliphatic hydroxyl groups excluding tert-OH is 1. The fourth-order valence-electron chi connectivity index (χ4n) is 5.24. The van der Waals surface area contributed by atoms with Gasteiger partial charge in [0.25, 0.3) is 0 Å². The van der Waals surface area contributed by atoms with Crippen LogP contribution in [0, 0.1) is 0 Å². The van der Waals surface area contributed by atoms with Crippen LogP contribution in [0.3, 0.4) is 0 Å². The molecule has 0 saturated heterocycles. The molecule has 0 amide bonds. The zero-order valence-corrected chi connectivity index (χ0v) is 24.5. The van der Waals surface area contributed by atoms with Crippen LogP contribution in [0.4, 0.5) is 5.69 Å². The molecule has 5 nitrogen and oxygen atoms in total. The van der Waals surface area contributed by atoms with E-state index in [-0.39, 0.29) is 22.1 Å². The van der Waals surface area contributed by atoms with E-state index in [4.69, 9.17) is 5.11 Å². The van der Waals surface area contributed by atoms with Gasteiger partial charge >= 0.3 is 5.97 Å². The monoisotopic (exact) mass is 545 g/mol. The van der Waals surface area contributed by atoms with E-state index < -0.39 is 12.1 Å². The molecule has 0 spiro atoms. The number of fused-ring (bicyclic) bond motifs is 1.